The third-order valence-corrected chi connectivity index (χ3v) is 4.71. The monoisotopic (exact) mass is 427 g/mol. The molecule has 0 atom stereocenters. The number of benzene rings is 2. The first-order valence-electron chi connectivity index (χ1n) is 10.9. The molecule has 2 aromatic rings. The molecule has 31 heavy (non-hydrogen) atoms. The van der Waals surface area contributed by atoms with Gasteiger partial charge in [-0.15, -0.1) is 0 Å². The van der Waals surface area contributed by atoms with Gasteiger partial charge in [-0.1, -0.05) is 30.3 Å². The van der Waals surface area contributed by atoms with Crippen molar-refractivity contribution in [3.8, 4) is 11.5 Å². The molecule has 0 saturated carbocycles. The van der Waals surface area contributed by atoms with E-state index in [0.29, 0.717) is 39.6 Å². The van der Waals surface area contributed by atoms with E-state index in [4.69, 9.17) is 23.9 Å². The molecule has 7 nitrogen and oxygen atoms in total. The number of guanidine groups is 1. The van der Waals surface area contributed by atoms with E-state index in [9.17, 15) is 0 Å². The number of fused-ring (bicyclic) bond motifs is 1. The topological polar surface area (TPSA) is 73.3 Å². The molecule has 0 saturated heterocycles. The zero-order chi connectivity index (χ0) is 21.6. The summed E-state index contributed by atoms with van der Waals surface area (Å²) in [5.74, 6) is 2.28. The van der Waals surface area contributed by atoms with Gasteiger partial charge in [-0.3, -0.25) is 4.99 Å². The van der Waals surface area contributed by atoms with Gasteiger partial charge in [0.15, 0.2) is 17.5 Å². The molecule has 3 rings (SSSR count). The summed E-state index contributed by atoms with van der Waals surface area (Å²) in [4.78, 5) is 4.71. The summed E-state index contributed by atoms with van der Waals surface area (Å²) < 4.78 is 22.0. The molecule has 7 heteroatoms. The Labute approximate surface area is 184 Å². The zero-order valence-corrected chi connectivity index (χ0v) is 18.3. The van der Waals surface area contributed by atoms with E-state index < -0.39 is 0 Å². The Morgan fingerprint density at radius 2 is 1.84 bits per heavy atom. The third-order valence-electron chi connectivity index (χ3n) is 4.71. The molecule has 0 aromatic heterocycles. The van der Waals surface area contributed by atoms with Gasteiger partial charge in [0.05, 0.1) is 26.4 Å². The van der Waals surface area contributed by atoms with Crippen LogP contribution in [0.5, 0.6) is 11.5 Å². The number of nitrogens with one attached hydrogen (secondary N) is 2. The van der Waals surface area contributed by atoms with Gasteiger partial charge in [-0.25, -0.2) is 0 Å². The van der Waals surface area contributed by atoms with Gasteiger partial charge in [0.1, 0.15) is 0 Å². The summed E-state index contributed by atoms with van der Waals surface area (Å²) in [6, 6.07) is 16.3. The van der Waals surface area contributed by atoms with E-state index in [2.05, 4.69) is 34.9 Å². The summed E-state index contributed by atoms with van der Waals surface area (Å²) in [5, 5.41) is 6.82. The minimum atomic E-state index is 0.609. The largest absolute Gasteiger partial charge is 0.490 e. The van der Waals surface area contributed by atoms with Crippen LogP contribution in [0.1, 0.15) is 18.4 Å². The summed E-state index contributed by atoms with van der Waals surface area (Å²) in [6.07, 6.45) is 2.65. The molecule has 2 aromatic carbocycles. The van der Waals surface area contributed by atoms with Gasteiger partial charge in [0.2, 0.25) is 0 Å². The minimum Gasteiger partial charge on any atom is -0.490 e. The SMILES string of the molecule is COCCOCCCN=C(NCCc1ccccc1)Nc1ccc2c(c1)OCCCO2. The Morgan fingerprint density at radius 3 is 2.68 bits per heavy atom. The van der Waals surface area contributed by atoms with E-state index in [-0.39, 0.29) is 0 Å². The summed E-state index contributed by atoms with van der Waals surface area (Å²) in [6.45, 7) is 4.67. The van der Waals surface area contributed by atoms with Crippen LogP contribution < -0.4 is 20.1 Å². The average Bonchev–Trinajstić information content (AvgIpc) is 3.04. The van der Waals surface area contributed by atoms with Crippen molar-refractivity contribution in [1.82, 2.24) is 5.32 Å². The van der Waals surface area contributed by atoms with Crippen molar-refractivity contribution in [1.29, 1.82) is 0 Å². The lowest BCUT2D eigenvalue weighted by Crippen LogP contribution is -2.32. The lowest BCUT2D eigenvalue weighted by atomic mass is 10.1. The molecule has 0 amide bonds. The van der Waals surface area contributed by atoms with Gasteiger partial charge >= 0.3 is 0 Å². The molecule has 2 N–H and O–H groups in total. The summed E-state index contributed by atoms with van der Waals surface area (Å²) >= 11 is 0. The fraction of sp³-hybridized carbons (Fsp3) is 0.458. The van der Waals surface area contributed by atoms with Gasteiger partial charge in [-0.05, 0) is 30.5 Å². The standard InChI is InChI=1S/C24H33N3O4/c1-28-17-18-29-14-5-12-25-24(26-13-11-20-7-3-2-4-8-20)27-21-9-10-22-23(19-21)31-16-6-15-30-22/h2-4,7-10,19H,5-6,11-18H2,1H3,(H2,25,26,27). The number of methoxy groups -OCH3 is 1. The Morgan fingerprint density at radius 1 is 1.00 bits per heavy atom. The van der Waals surface area contributed by atoms with Crippen molar-refractivity contribution in [2.24, 2.45) is 4.99 Å². The highest BCUT2D eigenvalue weighted by Gasteiger charge is 2.11. The first-order valence-corrected chi connectivity index (χ1v) is 10.9. The second-order valence-electron chi connectivity index (χ2n) is 7.19. The molecular weight excluding hydrogens is 394 g/mol. The quantitative estimate of drug-likeness (QED) is 0.325. The number of anilines is 1. The van der Waals surface area contributed by atoms with E-state index >= 15 is 0 Å². The van der Waals surface area contributed by atoms with Crippen LogP contribution in [0.3, 0.4) is 0 Å². The molecule has 0 fully saturated rings. The second kappa shape index (κ2) is 13.5. The number of hydrogen-bond donors (Lipinski definition) is 2. The molecule has 0 bridgehead atoms. The van der Waals surface area contributed by atoms with Crippen molar-refractivity contribution in [2.45, 2.75) is 19.3 Å². The summed E-state index contributed by atoms with van der Waals surface area (Å²) in [7, 11) is 1.67. The maximum atomic E-state index is 5.80. The van der Waals surface area contributed by atoms with Crippen LogP contribution in [0, 0.1) is 0 Å². The van der Waals surface area contributed by atoms with Gasteiger partial charge in [0.25, 0.3) is 0 Å². The van der Waals surface area contributed by atoms with Crippen LogP contribution in [-0.2, 0) is 15.9 Å². The highest BCUT2D eigenvalue weighted by molar-refractivity contribution is 5.94. The highest BCUT2D eigenvalue weighted by Crippen LogP contribution is 2.32. The molecule has 0 spiro atoms. The normalized spacial score (nSPS) is 13.5. The number of hydrogen-bond acceptors (Lipinski definition) is 5. The first kappa shape index (κ1) is 22.9. The number of nitrogens with zero attached hydrogens (tertiary/aromatic N) is 1. The predicted molar refractivity (Wildman–Crippen MR) is 123 cm³/mol. The number of aliphatic imine (C=N–C) groups is 1. The molecule has 168 valence electrons. The van der Waals surface area contributed by atoms with Crippen LogP contribution >= 0.6 is 0 Å². The van der Waals surface area contributed by atoms with Crippen LogP contribution in [0.4, 0.5) is 5.69 Å². The fourth-order valence-corrected chi connectivity index (χ4v) is 3.09. The minimum absolute atomic E-state index is 0.609. The lowest BCUT2D eigenvalue weighted by molar-refractivity contribution is 0.0702. The van der Waals surface area contributed by atoms with E-state index in [0.717, 1.165) is 49.0 Å². The van der Waals surface area contributed by atoms with E-state index in [1.165, 1.54) is 5.56 Å². The molecule has 0 radical (unpaired) electrons. The van der Waals surface area contributed by atoms with Crippen molar-refractivity contribution >= 4 is 11.6 Å². The Hall–Kier alpha value is -2.77. The average molecular weight is 428 g/mol. The van der Waals surface area contributed by atoms with Crippen molar-refractivity contribution in [3.05, 3.63) is 54.1 Å². The Bertz CT molecular complexity index is 799. The maximum Gasteiger partial charge on any atom is 0.195 e. The summed E-state index contributed by atoms with van der Waals surface area (Å²) in [5.41, 5.74) is 2.20. The Balaban J connectivity index is 1.56. The predicted octanol–water partition coefficient (Wildman–Crippen LogP) is 3.50. The smallest absolute Gasteiger partial charge is 0.195 e. The van der Waals surface area contributed by atoms with E-state index in [1.54, 1.807) is 7.11 Å². The van der Waals surface area contributed by atoms with Crippen molar-refractivity contribution in [2.75, 3.05) is 58.6 Å². The molecular formula is C24H33N3O4. The third kappa shape index (κ3) is 8.47. The van der Waals surface area contributed by atoms with Crippen LogP contribution in [-0.4, -0.2) is 59.2 Å². The maximum absolute atomic E-state index is 5.80. The van der Waals surface area contributed by atoms with Gasteiger partial charge in [0, 0.05) is 45.0 Å². The molecule has 1 aliphatic heterocycles. The van der Waals surface area contributed by atoms with Crippen molar-refractivity contribution < 1.29 is 18.9 Å². The first-order chi connectivity index (χ1) is 15.3. The number of rotatable bonds is 11. The Kier molecular flexibility index (Phi) is 9.99. The second-order valence-corrected chi connectivity index (χ2v) is 7.19. The van der Waals surface area contributed by atoms with Crippen LogP contribution in [0.15, 0.2) is 53.5 Å². The van der Waals surface area contributed by atoms with Crippen LogP contribution in [0.25, 0.3) is 0 Å². The molecule has 0 aliphatic carbocycles. The van der Waals surface area contributed by atoms with E-state index in [1.807, 2.05) is 24.3 Å². The zero-order valence-electron chi connectivity index (χ0n) is 18.3. The van der Waals surface area contributed by atoms with Gasteiger partial charge < -0.3 is 29.6 Å². The number of ether oxygens (including phenoxy) is 4. The molecule has 1 heterocycles. The highest BCUT2D eigenvalue weighted by atomic mass is 16.5. The van der Waals surface area contributed by atoms with Gasteiger partial charge in [-0.2, -0.15) is 0 Å². The lowest BCUT2D eigenvalue weighted by Gasteiger charge is -2.15. The van der Waals surface area contributed by atoms with Crippen LogP contribution in [0.2, 0.25) is 0 Å². The van der Waals surface area contributed by atoms with Crippen molar-refractivity contribution in [3.63, 3.8) is 0 Å². The fourth-order valence-electron chi connectivity index (χ4n) is 3.09. The molecule has 0 unspecified atom stereocenters. The molecule has 1 aliphatic rings.